The molecule has 1 aromatic carbocycles. The molecule has 0 aromatic heterocycles. The summed E-state index contributed by atoms with van der Waals surface area (Å²) in [6.07, 6.45) is 3.64. The predicted molar refractivity (Wildman–Crippen MR) is 73.4 cm³/mol. The minimum absolute atomic E-state index is 0.135. The number of amides is 1. The van der Waals surface area contributed by atoms with Crippen molar-refractivity contribution >= 4 is 5.91 Å². The second kappa shape index (κ2) is 6.31. The Hall–Kier alpha value is -1.49. The predicted octanol–water partition coefficient (Wildman–Crippen LogP) is 2.62. The quantitative estimate of drug-likeness (QED) is 0.906. The van der Waals surface area contributed by atoms with Gasteiger partial charge in [-0.3, -0.25) is 4.79 Å². The lowest BCUT2D eigenvalue weighted by atomic mass is 10.1. The summed E-state index contributed by atoms with van der Waals surface area (Å²) < 4.78 is 27.9. The van der Waals surface area contributed by atoms with Gasteiger partial charge in [0.15, 0.2) is 0 Å². The summed E-state index contributed by atoms with van der Waals surface area (Å²) in [4.78, 5) is 14.0. The third-order valence-electron chi connectivity index (χ3n) is 3.91. The smallest absolute Gasteiger partial charge is 0.260 e. The molecule has 1 aliphatic heterocycles. The van der Waals surface area contributed by atoms with Crippen molar-refractivity contribution in [3.63, 3.8) is 0 Å². The van der Waals surface area contributed by atoms with Crippen LogP contribution < -0.4 is 5.73 Å². The van der Waals surface area contributed by atoms with Crippen molar-refractivity contribution in [2.45, 2.75) is 38.6 Å². The van der Waals surface area contributed by atoms with Gasteiger partial charge < -0.3 is 10.6 Å². The van der Waals surface area contributed by atoms with Crippen molar-refractivity contribution in [1.29, 1.82) is 0 Å². The molecule has 1 atom stereocenters. The van der Waals surface area contributed by atoms with E-state index in [1.54, 1.807) is 0 Å². The molecule has 110 valence electrons. The second-order valence-corrected chi connectivity index (χ2v) is 5.29. The average Bonchev–Trinajstić information content (AvgIpc) is 2.68. The van der Waals surface area contributed by atoms with Crippen LogP contribution in [0.4, 0.5) is 8.78 Å². The summed E-state index contributed by atoms with van der Waals surface area (Å²) in [7, 11) is 0. The monoisotopic (exact) mass is 282 g/mol. The van der Waals surface area contributed by atoms with Gasteiger partial charge in [-0.15, -0.1) is 0 Å². The average molecular weight is 282 g/mol. The van der Waals surface area contributed by atoms with Gasteiger partial charge in [0.25, 0.3) is 5.91 Å². The molecule has 0 radical (unpaired) electrons. The first kappa shape index (κ1) is 14.9. The van der Waals surface area contributed by atoms with Crippen molar-refractivity contribution in [3.05, 3.63) is 34.9 Å². The first-order valence-electron chi connectivity index (χ1n) is 7.02. The van der Waals surface area contributed by atoms with E-state index >= 15 is 0 Å². The molecular formula is C15H20F2N2O. The number of rotatable bonds is 2. The van der Waals surface area contributed by atoms with Gasteiger partial charge in [0, 0.05) is 19.1 Å². The van der Waals surface area contributed by atoms with E-state index in [0.29, 0.717) is 13.1 Å². The van der Waals surface area contributed by atoms with Crippen LogP contribution in [-0.4, -0.2) is 29.9 Å². The molecule has 2 rings (SSSR count). The van der Waals surface area contributed by atoms with Crippen molar-refractivity contribution < 1.29 is 13.6 Å². The summed E-state index contributed by atoms with van der Waals surface area (Å²) in [5.74, 6) is -2.16. The summed E-state index contributed by atoms with van der Waals surface area (Å²) in [6, 6.07) is 2.34. The van der Waals surface area contributed by atoms with E-state index in [1.807, 2.05) is 0 Å². The number of hydrogen-bond acceptors (Lipinski definition) is 2. The van der Waals surface area contributed by atoms with Gasteiger partial charge in [0.2, 0.25) is 0 Å². The van der Waals surface area contributed by atoms with Gasteiger partial charge in [0.05, 0.1) is 0 Å². The van der Waals surface area contributed by atoms with Crippen molar-refractivity contribution in [1.82, 2.24) is 4.90 Å². The van der Waals surface area contributed by atoms with E-state index in [4.69, 9.17) is 5.73 Å². The Morgan fingerprint density at radius 1 is 1.35 bits per heavy atom. The molecule has 1 fully saturated rings. The Labute approximate surface area is 117 Å². The minimum atomic E-state index is -0.807. The Balaban J connectivity index is 2.36. The van der Waals surface area contributed by atoms with Crippen LogP contribution in [0.2, 0.25) is 0 Å². The Kier molecular flexibility index (Phi) is 4.70. The highest BCUT2D eigenvalue weighted by Gasteiger charge is 2.29. The highest BCUT2D eigenvalue weighted by atomic mass is 19.1. The van der Waals surface area contributed by atoms with E-state index in [1.165, 1.54) is 17.9 Å². The maximum absolute atomic E-state index is 14.1. The molecule has 1 saturated heterocycles. The van der Waals surface area contributed by atoms with Crippen LogP contribution in [0, 0.1) is 18.6 Å². The summed E-state index contributed by atoms with van der Waals surface area (Å²) >= 11 is 0. The number of nitrogens with zero attached hydrogens (tertiary/aromatic N) is 1. The third-order valence-corrected chi connectivity index (χ3v) is 3.91. The zero-order chi connectivity index (χ0) is 14.7. The number of carbonyl (C=O) groups excluding carboxylic acids is 1. The SMILES string of the molecule is Cc1ccc(F)c(C(=O)N2CCCCCC2CN)c1F. The third kappa shape index (κ3) is 2.82. The second-order valence-electron chi connectivity index (χ2n) is 5.29. The van der Waals surface area contributed by atoms with Crippen molar-refractivity contribution in [2.75, 3.05) is 13.1 Å². The number of likely N-dealkylation sites (tertiary alicyclic amines) is 1. The Morgan fingerprint density at radius 3 is 2.80 bits per heavy atom. The van der Waals surface area contributed by atoms with Crippen LogP contribution in [-0.2, 0) is 0 Å². The lowest BCUT2D eigenvalue weighted by Crippen LogP contribution is -2.44. The maximum atomic E-state index is 14.1. The molecule has 1 aliphatic rings. The van der Waals surface area contributed by atoms with E-state index in [2.05, 4.69) is 0 Å². The number of carbonyl (C=O) groups is 1. The topological polar surface area (TPSA) is 46.3 Å². The van der Waals surface area contributed by atoms with Gasteiger partial charge in [-0.2, -0.15) is 0 Å². The molecule has 2 N–H and O–H groups in total. The fourth-order valence-corrected chi connectivity index (χ4v) is 2.69. The largest absolute Gasteiger partial charge is 0.334 e. The molecule has 0 saturated carbocycles. The molecule has 20 heavy (non-hydrogen) atoms. The molecule has 1 unspecified atom stereocenters. The molecule has 0 bridgehead atoms. The van der Waals surface area contributed by atoms with Crippen LogP contribution in [0.25, 0.3) is 0 Å². The first-order chi connectivity index (χ1) is 9.56. The van der Waals surface area contributed by atoms with E-state index in [0.717, 1.165) is 31.7 Å². The van der Waals surface area contributed by atoms with Crippen LogP contribution in [0.15, 0.2) is 12.1 Å². The summed E-state index contributed by atoms with van der Waals surface area (Å²) in [6.45, 7) is 2.35. The molecule has 0 aliphatic carbocycles. The minimum Gasteiger partial charge on any atom is -0.334 e. The molecule has 5 heteroatoms. The molecule has 1 aromatic rings. The van der Waals surface area contributed by atoms with Gasteiger partial charge in [-0.1, -0.05) is 18.9 Å². The lowest BCUT2D eigenvalue weighted by molar-refractivity contribution is 0.0679. The van der Waals surface area contributed by atoms with Crippen LogP contribution in [0.1, 0.15) is 41.6 Å². The normalized spacial score (nSPS) is 19.8. The number of aryl methyl sites for hydroxylation is 1. The van der Waals surface area contributed by atoms with Crippen LogP contribution in [0.3, 0.4) is 0 Å². The Morgan fingerprint density at radius 2 is 2.10 bits per heavy atom. The van der Waals surface area contributed by atoms with E-state index < -0.39 is 23.1 Å². The molecule has 1 heterocycles. The highest BCUT2D eigenvalue weighted by molar-refractivity contribution is 5.95. The zero-order valence-corrected chi connectivity index (χ0v) is 11.7. The lowest BCUT2D eigenvalue weighted by Gasteiger charge is -2.29. The molecule has 1 amide bonds. The zero-order valence-electron chi connectivity index (χ0n) is 11.7. The van der Waals surface area contributed by atoms with Crippen LogP contribution in [0.5, 0.6) is 0 Å². The van der Waals surface area contributed by atoms with Crippen molar-refractivity contribution in [3.8, 4) is 0 Å². The molecular weight excluding hydrogens is 262 g/mol. The van der Waals surface area contributed by atoms with E-state index in [9.17, 15) is 13.6 Å². The number of hydrogen-bond donors (Lipinski definition) is 1. The van der Waals surface area contributed by atoms with E-state index in [-0.39, 0.29) is 11.6 Å². The van der Waals surface area contributed by atoms with Crippen molar-refractivity contribution in [2.24, 2.45) is 5.73 Å². The summed E-state index contributed by atoms with van der Waals surface area (Å²) in [5.41, 5.74) is 5.52. The number of nitrogens with two attached hydrogens (primary N) is 1. The Bertz CT molecular complexity index is 505. The number of benzene rings is 1. The van der Waals surface area contributed by atoms with Gasteiger partial charge in [0.1, 0.15) is 17.2 Å². The molecule has 3 nitrogen and oxygen atoms in total. The first-order valence-corrected chi connectivity index (χ1v) is 7.02. The fraction of sp³-hybridized carbons (Fsp3) is 0.533. The highest BCUT2D eigenvalue weighted by Crippen LogP contribution is 2.23. The maximum Gasteiger partial charge on any atom is 0.260 e. The standard InChI is InChI=1S/C15H20F2N2O/c1-10-6-7-12(16)13(14(10)17)15(20)19-8-4-2-3-5-11(19)9-18/h6-7,11H,2-5,8-9,18H2,1H3. The van der Waals surface area contributed by atoms with Gasteiger partial charge in [-0.05, 0) is 31.4 Å². The number of halogens is 2. The summed E-state index contributed by atoms with van der Waals surface area (Å²) in [5, 5.41) is 0. The van der Waals surface area contributed by atoms with Gasteiger partial charge in [-0.25, -0.2) is 8.78 Å². The van der Waals surface area contributed by atoms with Crippen LogP contribution >= 0.6 is 0 Å². The van der Waals surface area contributed by atoms with Gasteiger partial charge >= 0.3 is 0 Å². The molecule has 0 spiro atoms. The fourth-order valence-electron chi connectivity index (χ4n) is 2.69.